The fraction of sp³-hybridized carbons (Fsp3) is 0.364. The smallest absolute Gasteiger partial charge is 0.211 e. The number of nitrogens with zero attached hydrogens (tertiary/aromatic N) is 1. The van der Waals surface area contributed by atoms with Crippen LogP contribution in [0.1, 0.15) is 235 Å². The molecule has 0 N–H and O–H groups in total. The van der Waals surface area contributed by atoms with Crippen LogP contribution in [0.15, 0.2) is 162 Å². The number of furan rings is 1. The van der Waals surface area contributed by atoms with E-state index in [-0.39, 0.29) is 49.7 Å². The summed E-state index contributed by atoms with van der Waals surface area (Å²) in [5.74, 6) is 0.241. The van der Waals surface area contributed by atoms with E-state index in [9.17, 15) is 0 Å². The van der Waals surface area contributed by atoms with Crippen LogP contribution >= 0.6 is 11.3 Å². The largest absolute Gasteiger partial charge is 0.455 e. The van der Waals surface area contributed by atoms with E-state index in [2.05, 4.69) is 301 Å². The number of aryl methyl sites for hydroxylation is 1. The molecule has 0 spiro atoms. The van der Waals surface area contributed by atoms with Gasteiger partial charge in [-0.3, -0.25) is 0 Å². The quantitative estimate of drug-likeness (QED) is 0.139. The van der Waals surface area contributed by atoms with Gasteiger partial charge in [-0.25, -0.2) is 0 Å². The van der Waals surface area contributed by atoms with Gasteiger partial charge in [-0.15, -0.1) is 11.3 Å². The summed E-state index contributed by atoms with van der Waals surface area (Å²) in [6.45, 7) is 45.3. The standard InChI is InChI=1S/C88H93BNOS/c1-50(52-27-34-56(35-28-52)83(5,6)7)61-46-63-62-44-54(59(53-29-36-57(37-30-53)84(8,9)10)39-26-51-24-32-55(33-25-51)82(2,3)4)31-40-67(62)88(18,19)68(63)47-64(61)74-75-60-22-20-21-23-72(60)91-80(75)76-65-48-69-70(87(16,17)43-42-86(69,14)15)49-71(65)90-78-66-45-58(85(11,12)13)38-41-73(66)92-81(78)89-77(74)79(76)90/h20-25,27-38,40-41,44-50,59H,26,39,42-43H2,1-19H3. The van der Waals surface area contributed by atoms with Crippen LogP contribution in [0.3, 0.4) is 0 Å². The van der Waals surface area contributed by atoms with Crippen molar-refractivity contribution in [3.05, 3.63) is 230 Å². The highest BCUT2D eigenvalue weighted by molar-refractivity contribution is 7.29. The van der Waals surface area contributed by atoms with Gasteiger partial charge in [0.25, 0.3) is 0 Å². The number of hydrogen-bond acceptors (Lipinski definition) is 2. The third-order valence-corrected chi connectivity index (χ3v) is 23.7. The van der Waals surface area contributed by atoms with Crippen molar-refractivity contribution in [1.29, 1.82) is 0 Å². The molecule has 3 aliphatic rings. The number of hydrogen-bond donors (Lipinski definition) is 0. The van der Waals surface area contributed by atoms with Crippen LogP contribution in [0.4, 0.5) is 0 Å². The highest BCUT2D eigenvalue weighted by Crippen LogP contribution is 2.56. The molecule has 2 atom stereocenters. The van der Waals surface area contributed by atoms with Crippen LogP contribution in [0.2, 0.25) is 0 Å². The Bertz CT molecular complexity index is 5000. The zero-order chi connectivity index (χ0) is 64.9. The maximum absolute atomic E-state index is 7.58. The molecule has 4 heteroatoms. The fourth-order valence-corrected chi connectivity index (χ4v) is 17.6. The minimum atomic E-state index is -0.299. The summed E-state index contributed by atoms with van der Waals surface area (Å²) in [6, 6.07) is 63.1. The zero-order valence-corrected chi connectivity index (χ0v) is 59.2. The molecule has 12 aromatic rings. The first kappa shape index (κ1) is 60.8. The number of benzene rings is 9. The molecule has 0 bridgehead atoms. The first-order chi connectivity index (χ1) is 43.3. The molecule has 465 valence electrons. The Kier molecular flexibility index (Phi) is 13.6. The monoisotopic (exact) mass is 1220 g/mol. The lowest BCUT2D eigenvalue weighted by Crippen LogP contribution is -2.35. The van der Waals surface area contributed by atoms with E-state index in [0.29, 0.717) is 0 Å². The minimum Gasteiger partial charge on any atom is -0.455 e. The van der Waals surface area contributed by atoms with Crippen LogP contribution in [-0.2, 0) is 44.3 Å². The summed E-state index contributed by atoms with van der Waals surface area (Å²) in [4.78, 5) is 0. The summed E-state index contributed by atoms with van der Waals surface area (Å²) in [5, 5.41) is 6.19. The van der Waals surface area contributed by atoms with Gasteiger partial charge in [0.2, 0.25) is 7.28 Å². The van der Waals surface area contributed by atoms with E-state index in [1.54, 1.807) is 0 Å². The van der Waals surface area contributed by atoms with Crippen molar-refractivity contribution in [2.45, 2.75) is 207 Å². The molecule has 2 nitrogen and oxygen atoms in total. The Morgan fingerprint density at radius 2 is 1.08 bits per heavy atom. The minimum absolute atomic E-state index is 0.0145. The van der Waals surface area contributed by atoms with Gasteiger partial charge in [0, 0.05) is 43.5 Å². The zero-order valence-electron chi connectivity index (χ0n) is 58.3. The molecule has 2 aliphatic carbocycles. The van der Waals surface area contributed by atoms with Crippen LogP contribution in [0, 0.1) is 0 Å². The van der Waals surface area contributed by atoms with E-state index >= 15 is 0 Å². The molecule has 2 unspecified atom stereocenters. The molecule has 3 aromatic heterocycles. The molecule has 0 fully saturated rings. The van der Waals surface area contributed by atoms with E-state index in [0.717, 1.165) is 42.2 Å². The van der Waals surface area contributed by atoms with Crippen molar-refractivity contribution in [3.8, 4) is 27.9 Å². The number of thiophene rings is 1. The van der Waals surface area contributed by atoms with Gasteiger partial charge >= 0.3 is 0 Å². The second-order valence-corrected chi connectivity index (χ2v) is 35.3. The van der Waals surface area contributed by atoms with Crippen LogP contribution < -0.4 is 10.2 Å². The van der Waals surface area contributed by atoms with Crippen molar-refractivity contribution >= 4 is 82.7 Å². The Labute approximate surface area is 553 Å². The molecule has 1 radical (unpaired) electrons. The van der Waals surface area contributed by atoms with Crippen LogP contribution in [-0.4, -0.2) is 11.8 Å². The molecule has 0 saturated heterocycles. The molecule has 1 aliphatic heterocycles. The van der Waals surface area contributed by atoms with Crippen molar-refractivity contribution < 1.29 is 4.42 Å². The van der Waals surface area contributed by atoms with Crippen molar-refractivity contribution in [2.75, 3.05) is 0 Å². The topological polar surface area (TPSA) is 18.1 Å². The molecule has 0 saturated carbocycles. The number of fused-ring (bicyclic) bond motifs is 15. The second-order valence-electron chi connectivity index (χ2n) is 34.2. The highest BCUT2D eigenvalue weighted by atomic mass is 32.1. The van der Waals surface area contributed by atoms with Gasteiger partial charge in [-0.1, -0.05) is 247 Å². The van der Waals surface area contributed by atoms with E-state index in [1.165, 1.54) is 148 Å². The lowest BCUT2D eigenvalue weighted by atomic mass is 9.62. The Morgan fingerprint density at radius 1 is 0.511 bits per heavy atom. The maximum atomic E-state index is 7.58. The van der Waals surface area contributed by atoms with Gasteiger partial charge in [0.15, 0.2) is 0 Å². The first-order valence-electron chi connectivity index (χ1n) is 34.3. The predicted octanol–water partition coefficient (Wildman–Crippen LogP) is 23.3. The molecule has 15 rings (SSSR count). The predicted molar refractivity (Wildman–Crippen MR) is 399 cm³/mol. The maximum Gasteiger partial charge on any atom is 0.211 e. The highest BCUT2D eigenvalue weighted by Gasteiger charge is 2.43. The normalized spacial score (nSPS) is 16.5. The van der Waals surface area contributed by atoms with Crippen molar-refractivity contribution in [1.82, 2.24) is 4.57 Å². The third kappa shape index (κ3) is 9.58. The Balaban J connectivity index is 1.02. The van der Waals surface area contributed by atoms with Gasteiger partial charge < -0.3 is 8.98 Å². The van der Waals surface area contributed by atoms with Gasteiger partial charge in [-0.2, -0.15) is 0 Å². The summed E-state index contributed by atoms with van der Waals surface area (Å²) in [7, 11) is 2.61. The van der Waals surface area contributed by atoms with Gasteiger partial charge in [-0.05, 0) is 205 Å². The number of rotatable bonds is 8. The van der Waals surface area contributed by atoms with E-state index < -0.39 is 0 Å². The second kappa shape index (κ2) is 20.6. The van der Waals surface area contributed by atoms with E-state index in [1.807, 2.05) is 11.3 Å². The number of para-hydroxylation sites is 1. The van der Waals surface area contributed by atoms with Gasteiger partial charge in [0.1, 0.15) is 11.2 Å². The average molecular weight is 1220 g/mol. The summed E-state index contributed by atoms with van der Waals surface area (Å²) in [6.07, 6.45) is 4.30. The SMILES string of the molecule is CC(c1ccc(C(C)(C)C)cc1)c1cc2c(cc1-c1c3c4c(c5cc6c(cc5n4-c4c(sc5ccc(C(C)(C)C)cc45)[B]3)C(C)(C)CCC6(C)C)c3oc4ccccc4c13)C(C)(C)c1ccc(C(CCc3ccc(C(C)(C)C)cc3)c3ccc(C(C)(C)C)cc3)cc1-2. The Hall–Kier alpha value is -7.40. The fourth-order valence-electron chi connectivity index (χ4n) is 16.5. The lowest BCUT2D eigenvalue weighted by molar-refractivity contribution is 0.332. The summed E-state index contributed by atoms with van der Waals surface area (Å²) in [5.41, 5.74) is 30.2. The molecule has 92 heavy (non-hydrogen) atoms. The lowest BCUT2D eigenvalue weighted by Gasteiger charge is -2.42. The number of aromatic nitrogens is 1. The third-order valence-electron chi connectivity index (χ3n) is 22.6. The molecule has 9 aromatic carbocycles. The van der Waals surface area contributed by atoms with Crippen molar-refractivity contribution in [3.63, 3.8) is 0 Å². The first-order valence-corrected chi connectivity index (χ1v) is 35.2. The van der Waals surface area contributed by atoms with Crippen LogP contribution in [0.5, 0.6) is 0 Å². The average Bonchev–Trinajstić information content (AvgIpc) is 1.50. The van der Waals surface area contributed by atoms with Crippen LogP contribution in [0.25, 0.3) is 81.8 Å². The van der Waals surface area contributed by atoms with E-state index in [4.69, 9.17) is 4.42 Å². The Morgan fingerprint density at radius 3 is 1.71 bits per heavy atom. The molecule has 0 amide bonds. The summed E-state index contributed by atoms with van der Waals surface area (Å²) < 4.78 is 12.9. The summed E-state index contributed by atoms with van der Waals surface area (Å²) >= 11 is 1.95. The molecular weight excluding hydrogens is 1130 g/mol. The molecule has 4 heterocycles. The van der Waals surface area contributed by atoms with Gasteiger partial charge in [0.05, 0.1) is 22.1 Å². The molecular formula is C88H93BNOS. The van der Waals surface area contributed by atoms with Crippen molar-refractivity contribution in [2.24, 2.45) is 0 Å².